The molecule has 0 aliphatic heterocycles. The van der Waals surface area contributed by atoms with E-state index in [-0.39, 0.29) is 0 Å². The van der Waals surface area contributed by atoms with E-state index in [0.717, 1.165) is 7.11 Å². The third-order valence-electron chi connectivity index (χ3n) is 2.18. The summed E-state index contributed by atoms with van der Waals surface area (Å²) in [5, 5.41) is 8.68. The fraction of sp³-hybridized carbons (Fsp3) is 0.273. The van der Waals surface area contributed by atoms with Gasteiger partial charge in [0.2, 0.25) is 0 Å². The second kappa shape index (κ2) is 5.85. The van der Waals surface area contributed by atoms with Crippen LogP contribution in [0, 0.1) is 11.3 Å². The second-order valence-corrected chi connectivity index (χ2v) is 4.59. The lowest BCUT2D eigenvalue weighted by Gasteiger charge is -2.17. The lowest BCUT2D eigenvalue weighted by molar-refractivity contribution is -0.140. The highest BCUT2D eigenvalue weighted by Gasteiger charge is 2.43. The Hall–Kier alpha value is -1.89. The van der Waals surface area contributed by atoms with Gasteiger partial charge in [0.05, 0.1) is 23.8 Å². The molecule has 0 saturated carbocycles. The van der Waals surface area contributed by atoms with Crippen molar-refractivity contribution in [2.24, 2.45) is 0 Å². The third kappa shape index (κ3) is 4.04. The van der Waals surface area contributed by atoms with E-state index in [0.29, 0.717) is 12.1 Å². The zero-order chi connectivity index (χ0) is 16.4. The highest BCUT2D eigenvalue weighted by atomic mass is 32.2. The Kier molecular flexibility index (Phi) is 4.78. The van der Waals surface area contributed by atoms with E-state index in [1.54, 1.807) is 0 Å². The van der Waals surface area contributed by atoms with Gasteiger partial charge in [-0.25, -0.2) is 4.79 Å². The fourth-order valence-electron chi connectivity index (χ4n) is 1.45. The first-order valence-electron chi connectivity index (χ1n) is 4.99. The maximum absolute atomic E-state index is 13.0. The van der Waals surface area contributed by atoms with Gasteiger partial charge in [0.1, 0.15) is 6.07 Å². The minimum Gasteiger partial charge on any atom is -0.465 e. The van der Waals surface area contributed by atoms with Gasteiger partial charge in [0, 0.05) is 4.90 Å². The van der Waals surface area contributed by atoms with Crippen LogP contribution in [0.4, 0.5) is 26.3 Å². The predicted octanol–water partition coefficient (Wildman–Crippen LogP) is 3.98. The van der Waals surface area contributed by atoms with Crippen LogP contribution in [-0.2, 0) is 10.9 Å². The van der Waals surface area contributed by atoms with Gasteiger partial charge in [-0.2, -0.15) is 31.6 Å². The molecule has 3 nitrogen and oxygen atoms in total. The molecule has 0 aliphatic rings. The van der Waals surface area contributed by atoms with Gasteiger partial charge in [-0.1, -0.05) is 0 Å². The van der Waals surface area contributed by atoms with E-state index in [2.05, 4.69) is 4.74 Å². The average molecular weight is 329 g/mol. The SMILES string of the molecule is COC(=O)c1ccc(C#N)c(SC(F)(F)F)c1C(F)(F)F. The molecule has 0 N–H and O–H groups in total. The average Bonchev–Trinajstić information content (AvgIpc) is 2.33. The van der Waals surface area contributed by atoms with Crippen molar-refractivity contribution in [3.05, 3.63) is 28.8 Å². The van der Waals surface area contributed by atoms with Crippen molar-refractivity contribution in [2.75, 3.05) is 7.11 Å². The summed E-state index contributed by atoms with van der Waals surface area (Å²) in [5.41, 5.74) is -8.82. The number of carbonyl (C=O) groups excluding carboxylic acids is 1. The van der Waals surface area contributed by atoms with Crippen LogP contribution in [0.3, 0.4) is 0 Å². The van der Waals surface area contributed by atoms with Crippen molar-refractivity contribution < 1.29 is 35.9 Å². The van der Waals surface area contributed by atoms with Crippen LogP contribution in [0.2, 0.25) is 0 Å². The first-order valence-corrected chi connectivity index (χ1v) is 5.81. The van der Waals surface area contributed by atoms with Crippen LogP contribution in [0.5, 0.6) is 0 Å². The van der Waals surface area contributed by atoms with Crippen molar-refractivity contribution >= 4 is 17.7 Å². The van der Waals surface area contributed by atoms with E-state index in [1.807, 2.05) is 0 Å². The Morgan fingerprint density at radius 2 is 1.81 bits per heavy atom. The Morgan fingerprint density at radius 3 is 2.19 bits per heavy atom. The van der Waals surface area contributed by atoms with Crippen LogP contribution in [-0.4, -0.2) is 18.6 Å². The molecule has 1 aromatic rings. The van der Waals surface area contributed by atoms with Crippen molar-refractivity contribution in [1.82, 2.24) is 0 Å². The van der Waals surface area contributed by atoms with Crippen LogP contribution < -0.4 is 0 Å². The molecule has 0 fully saturated rings. The minimum atomic E-state index is -5.26. The number of methoxy groups -OCH3 is 1. The number of benzene rings is 1. The summed E-state index contributed by atoms with van der Waals surface area (Å²) in [5.74, 6) is -1.45. The predicted molar refractivity (Wildman–Crippen MR) is 59.4 cm³/mol. The van der Waals surface area contributed by atoms with Crippen molar-refractivity contribution in [3.63, 3.8) is 0 Å². The molecule has 0 amide bonds. The molecule has 1 aromatic carbocycles. The number of rotatable bonds is 2. The number of hydrogen-bond donors (Lipinski definition) is 0. The number of carbonyl (C=O) groups is 1. The van der Waals surface area contributed by atoms with E-state index < -0.39 is 51.0 Å². The van der Waals surface area contributed by atoms with Crippen LogP contribution >= 0.6 is 11.8 Å². The standard InChI is InChI=1S/C11H5F6NO2S/c1-20-9(19)6-3-2-5(4-18)8(21-11(15,16)17)7(6)10(12,13)14/h2-3H,1H3. The van der Waals surface area contributed by atoms with Crippen molar-refractivity contribution in [1.29, 1.82) is 5.26 Å². The monoisotopic (exact) mass is 329 g/mol. The molecule has 0 heterocycles. The summed E-state index contributed by atoms with van der Waals surface area (Å²) in [7, 11) is 0.789. The van der Waals surface area contributed by atoms with Crippen molar-refractivity contribution in [3.8, 4) is 6.07 Å². The number of halogens is 6. The molecule has 0 aliphatic carbocycles. The smallest absolute Gasteiger partial charge is 0.446 e. The molecule has 114 valence electrons. The lowest BCUT2D eigenvalue weighted by Crippen LogP contribution is -2.17. The Bertz CT molecular complexity index is 602. The molecule has 0 spiro atoms. The molecule has 0 aromatic heterocycles. The molecule has 0 atom stereocenters. The van der Waals surface area contributed by atoms with E-state index in [4.69, 9.17) is 5.26 Å². The van der Waals surface area contributed by atoms with Gasteiger partial charge in [0.15, 0.2) is 0 Å². The number of hydrogen-bond acceptors (Lipinski definition) is 4. The van der Waals surface area contributed by atoms with E-state index in [1.165, 1.54) is 6.07 Å². The second-order valence-electron chi connectivity index (χ2n) is 3.51. The van der Waals surface area contributed by atoms with Gasteiger partial charge in [-0.15, -0.1) is 0 Å². The van der Waals surface area contributed by atoms with Gasteiger partial charge in [-0.05, 0) is 23.9 Å². The lowest BCUT2D eigenvalue weighted by atomic mass is 10.0. The van der Waals surface area contributed by atoms with Crippen LogP contribution in [0.15, 0.2) is 17.0 Å². The maximum Gasteiger partial charge on any atom is 0.446 e. The number of thioether (sulfide) groups is 1. The summed E-state index contributed by atoms with van der Waals surface area (Å²) in [4.78, 5) is 9.93. The largest absolute Gasteiger partial charge is 0.465 e. The Morgan fingerprint density at radius 1 is 1.24 bits per heavy atom. The first-order chi connectivity index (χ1) is 9.51. The van der Waals surface area contributed by atoms with Gasteiger partial charge in [0.25, 0.3) is 0 Å². The molecule has 0 saturated heterocycles. The van der Waals surface area contributed by atoms with E-state index >= 15 is 0 Å². The maximum atomic E-state index is 13.0. The molecule has 0 radical (unpaired) electrons. The third-order valence-corrected chi connectivity index (χ3v) is 3.04. The summed E-state index contributed by atoms with van der Waals surface area (Å²) in [6, 6.07) is 2.55. The highest BCUT2D eigenvalue weighted by Crippen LogP contribution is 2.46. The van der Waals surface area contributed by atoms with Gasteiger partial charge < -0.3 is 4.74 Å². The topological polar surface area (TPSA) is 50.1 Å². The minimum absolute atomic E-state index is 0.605. The summed E-state index contributed by atoms with van der Waals surface area (Å²) in [6.45, 7) is 0. The molecular weight excluding hydrogens is 324 g/mol. The highest BCUT2D eigenvalue weighted by molar-refractivity contribution is 8.00. The number of ether oxygens (including phenoxy) is 1. The first kappa shape index (κ1) is 17.2. The van der Waals surface area contributed by atoms with Crippen molar-refractivity contribution in [2.45, 2.75) is 16.6 Å². The molecule has 0 bridgehead atoms. The van der Waals surface area contributed by atoms with Crippen LogP contribution in [0.1, 0.15) is 21.5 Å². The molecule has 10 heteroatoms. The normalized spacial score (nSPS) is 11.9. The zero-order valence-electron chi connectivity index (χ0n) is 10.1. The number of nitrogens with zero attached hydrogens (tertiary/aromatic N) is 1. The zero-order valence-corrected chi connectivity index (χ0v) is 10.9. The molecule has 1 rings (SSSR count). The fourth-order valence-corrected chi connectivity index (χ4v) is 2.24. The van der Waals surface area contributed by atoms with Gasteiger partial charge in [-0.3, -0.25) is 0 Å². The molecular formula is C11H5F6NO2S. The van der Waals surface area contributed by atoms with E-state index in [9.17, 15) is 31.1 Å². The summed E-state index contributed by atoms with van der Waals surface area (Å²) >= 11 is -1.10. The molecule has 0 unspecified atom stereocenters. The van der Waals surface area contributed by atoms with Crippen LogP contribution in [0.25, 0.3) is 0 Å². The Labute approximate surface area is 118 Å². The quantitative estimate of drug-likeness (QED) is 0.468. The molecule has 21 heavy (non-hydrogen) atoms. The Balaban J connectivity index is 3.71. The number of alkyl halides is 6. The number of nitriles is 1. The number of esters is 1. The van der Waals surface area contributed by atoms with Gasteiger partial charge >= 0.3 is 17.7 Å². The summed E-state index contributed by atoms with van der Waals surface area (Å²) < 4.78 is 80.3. The summed E-state index contributed by atoms with van der Waals surface area (Å²) in [6.07, 6.45) is -5.26.